The molecule has 1 aromatic heterocycles. The van der Waals surface area contributed by atoms with Gasteiger partial charge >= 0.3 is 5.97 Å². The number of hydrogen-bond donors (Lipinski definition) is 3. The summed E-state index contributed by atoms with van der Waals surface area (Å²) in [6.45, 7) is 3.49. The molecule has 0 aromatic carbocycles. The summed E-state index contributed by atoms with van der Waals surface area (Å²) in [5, 5.41) is 17.9. The highest BCUT2D eigenvalue weighted by molar-refractivity contribution is 5.93. The highest BCUT2D eigenvalue weighted by Crippen LogP contribution is 2.11. The molecule has 1 rings (SSSR count). The van der Waals surface area contributed by atoms with Crippen molar-refractivity contribution in [3.05, 3.63) is 17.5 Å². The van der Waals surface area contributed by atoms with Gasteiger partial charge in [0, 0.05) is 12.8 Å². The molecule has 0 radical (unpaired) electrons. The van der Waals surface area contributed by atoms with Crippen molar-refractivity contribution in [3.63, 3.8) is 0 Å². The first-order valence-corrected chi connectivity index (χ1v) is 5.41. The zero-order valence-corrected chi connectivity index (χ0v) is 10.6. The molecule has 0 aliphatic heterocycles. The number of methoxy groups -OCH3 is 1. The highest BCUT2D eigenvalue weighted by atomic mass is 16.5. The number of aryl methyl sites for hydroxylation is 1. The van der Waals surface area contributed by atoms with Gasteiger partial charge in [0.05, 0.1) is 18.6 Å². The summed E-state index contributed by atoms with van der Waals surface area (Å²) in [5.41, 5.74) is 0.0110. The van der Waals surface area contributed by atoms with Gasteiger partial charge < -0.3 is 15.2 Å². The molecule has 0 aliphatic carbocycles. The Morgan fingerprint density at radius 3 is 2.72 bits per heavy atom. The van der Waals surface area contributed by atoms with Crippen LogP contribution in [-0.2, 0) is 9.53 Å². The molecule has 1 aromatic rings. The fourth-order valence-corrected chi connectivity index (χ4v) is 1.66. The van der Waals surface area contributed by atoms with E-state index in [2.05, 4.69) is 15.5 Å². The number of aromatic nitrogens is 2. The normalized spacial score (nSPS) is 13.9. The van der Waals surface area contributed by atoms with Crippen LogP contribution in [0, 0.1) is 6.92 Å². The Hall–Kier alpha value is -1.89. The van der Waals surface area contributed by atoms with Gasteiger partial charge in [0.15, 0.2) is 0 Å². The second-order valence-electron chi connectivity index (χ2n) is 4.45. The molecule has 0 bridgehead atoms. The number of amides is 1. The van der Waals surface area contributed by atoms with Crippen LogP contribution in [0.1, 0.15) is 29.5 Å². The molecule has 100 valence electrons. The number of rotatable bonds is 6. The molecule has 7 heteroatoms. The topological polar surface area (TPSA) is 104 Å². The molecule has 0 spiro atoms. The van der Waals surface area contributed by atoms with Crippen LogP contribution in [0.3, 0.4) is 0 Å². The van der Waals surface area contributed by atoms with E-state index in [9.17, 15) is 9.59 Å². The Kier molecular flexibility index (Phi) is 4.43. The van der Waals surface area contributed by atoms with Gasteiger partial charge in [0.2, 0.25) is 0 Å². The standard InChI is InChI=1S/C11H17N3O4/c1-7-4-8(14-13-7)10(17)12-11(2,6-18-3)5-9(15)16/h4H,5-6H2,1-3H3,(H,12,17)(H,13,14)(H,15,16). The van der Waals surface area contributed by atoms with Gasteiger partial charge in [-0.05, 0) is 19.9 Å². The van der Waals surface area contributed by atoms with Gasteiger partial charge in [-0.3, -0.25) is 14.7 Å². The summed E-state index contributed by atoms with van der Waals surface area (Å²) < 4.78 is 4.94. The van der Waals surface area contributed by atoms with Crippen LogP contribution in [0.4, 0.5) is 0 Å². The number of aliphatic carboxylic acids is 1. The largest absolute Gasteiger partial charge is 0.481 e. The lowest BCUT2D eigenvalue weighted by Gasteiger charge is -2.27. The lowest BCUT2D eigenvalue weighted by molar-refractivity contribution is -0.139. The van der Waals surface area contributed by atoms with Crippen molar-refractivity contribution in [2.24, 2.45) is 0 Å². The van der Waals surface area contributed by atoms with Crippen molar-refractivity contribution < 1.29 is 19.4 Å². The van der Waals surface area contributed by atoms with Gasteiger partial charge in [0.1, 0.15) is 5.69 Å². The number of carboxylic acids is 1. The summed E-state index contributed by atoms with van der Waals surface area (Å²) >= 11 is 0. The predicted molar refractivity (Wildman–Crippen MR) is 63.3 cm³/mol. The summed E-state index contributed by atoms with van der Waals surface area (Å²) in [4.78, 5) is 22.7. The minimum Gasteiger partial charge on any atom is -0.481 e. The molecule has 1 unspecified atom stereocenters. The molecular formula is C11H17N3O4. The molecule has 1 atom stereocenters. The first-order chi connectivity index (χ1) is 8.36. The minimum absolute atomic E-state index is 0.106. The molecular weight excluding hydrogens is 238 g/mol. The van der Waals surface area contributed by atoms with Crippen molar-refractivity contribution in [1.29, 1.82) is 0 Å². The summed E-state index contributed by atoms with van der Waals surface area (Å²) in [5.74, 6) is -1.44. The number of aromatic amines is 1. The quantitative estimate of drug-likeness (QED) is 0.679. The van der Waals surface area contributed by atoms with Crippen LogP contribution in [-0.4, -0.2) is 46.4 Å². The fraction of sp³-hybridized carbons (Fsp3) is 0.545. The maximum atomic E-state index is 11.9. The average Bonchev–Trinajstić information content (AvgIpc) is 2.63. The van der Waals surface area contributed by atoms with Crippen molar-refractivity contribution in [2.45, 2.75) is 25.8 Å². The molecule has 0 fully saturated rings. The van der Waals surface area contributed by atoms with Crippen molar-refractivity contribution in [2.75, 3.05) is 13.7 Å². The molecule has 0 saturated heterocycles. The van der Waals surface area contributed by atoms with Crippen molar-refractivity contribution in [3.8, 4) is 0 Å². The number of carboxylic acid groups (broad SMARTS) is 1. The molecule has 0 saturated carbocycles. The summed E-state index contributed by atoms with van der Waals surface area (Å²) in [6.07, 6.45) is -0.226. The van der Waals surface area contributed by atoms with E-state index in [1.165, 1.54) is 7.11 Å². The van der Waals surface area contributed by atoms with Gasteiger partial charge in [0.25, 0.3) is 5.91 Å². The third kappa shape index (κ3) is 3.85. The number of carbonyl (C=O) groups is 2. The van der Waals surface area contributed by atoms with Crippen molar-refractivity contribution >= 4 is 11.9 Å². The Balaban J connectivity index is 2.77. The lowest BCUT2D eigenvalue weighted by Crippen LogP contribution is -2.50. The van der Waals surface area contributed by atoms with Crippen molar-refractivity contribution in [1.82, 2.24) is 15.5 Å². The Bertz CT molecular complexity index is 443. The van der Waals surface area contributed by atoms with Gasteiger partial charge in [-0.2, -0.15) is 5.10 Å². The second-order valence-corrected chi connectivity index (χ2v) is 4.45. The zero-order chi connectivity index (χ0) is 13.8. The molecule has 0 aliphatic rings. The monoisotopic (exact) mass is 255 g/mol. The van der Waals surface area contributed by atoms with E-state index in [0.717, 1.165) is 5.69 Å². The average molecular weight is 255 g/mol. The van der Waals surface area contributed by atoms with E-state index in [1.54, 1.807) is 19.9 Å². The lowest BCUT2D eigenvalue weighted by atomic mass is 9.98. The smallest absolute Gasteiger partial charge is 0.305 e. The van der Waals surface area contributed by atoms with Crippen LogP contribution in [0.25, 0.3) is 0 Å². The van der Waals surface area contributed by atoms with Crippen LogP contribution in [0.2, 0.25) is 0 Å². The molecule has 1 heterocycles. The number of carbonyl (C=O) groups excluding carboxylic acids is 1. The molecule has 7 nitrogen and oxygen atoms in total. The predicted octanol–water partition coefficient (Wildman–Crippen LogP) is 0.328. The SMILES string of the molecule is COCC(C)(CC(=O)O)NC(=O)c1cc(C)[nH]n1. The van der Waals surface area contributed by atoms with Gasteiger partial charge in [-0.1, -0.05) is 0 Å². The van der Waals surface area contributed by atoms with Gasteiger partial charge in [-0.25, -0.2) is 0 Å². The number of nitrogens with zero attached hydrogens (tertiary/aromatic N) is 1. The number of H-pyrrole nitrogens is 1. The zero-order valence-electron chi connectivity index (χ0n) is 10.6. The van der Waals surface area contributed by atoms with E-state index in [1.807, 2.05) is 0 Å². The van der Waals surface area contributed by atoms with Crippen LogP contribution < -0.4 is 5.32 Å². The summed E-state index contributed by atoms with van der Waals surface area (Å²) in [6, 6.07) is 1.59. The van der Waals surface area contributed by atoms with Crippen LogP contribution in [0.5, 0.6) is 0 Å². The van der Waals surface area contributed by atoms with E-state index in [0.29, 0.717) is 0 Å². The molecule has 1 amide bonds. The Morgan fingerprint density at radius 2 is 2.28 bits per heavy atom. The fourth-order valence-electron chi connectivity index (χ4n) is 1.66. The number of ether oxygens (including phenoxy) is 1. The third-order valence-corrected chi connectivity index (χ3v) is 2.36. The third-order valence-electron chi connectivity index (χ3n) is 2.36. The maximum absolute atomic E-state index is 11.9. The Morgan fingerprint density at radius 1 is 1.61 bits per heavy atom. The number of nitrogens with one attached hydrogen (secondary N) is 2. The van der Waals surface area contributed by atoms with Crippen LogP contribution in [0.15, 0.2) is 6.07 Å². The van der Waals surface area contributed by atoms with Crippen LogP contribution >= 0.6 is 0 Å². The molecule has 18 heavy (non-hydrogen) atoms. The van der Waals surface area contributed by atoms with E-state index >= 15 is 0 Å². The van der Waals surface area contributed by atoms with Gasteiger partial charge in [-0.15, -0.1) is 0 Å². The summed E-state index contributed by atoms with van der Waals surface area (Å²) in [7, 11) is 1.45. The van der Waals surface area contributed by atoms with E-state index in [4.69, 9.17) is 9.84 Å². The highest BCUT2D eigenvalue weighted by Gasteiger charge is 2.30. The first kappa shape index (κ1) is 14.2. The Labute approximate surface area is 105 Å². The number of hydrogen-bond acceptors (Lipinski definition) is 4. The van der Waals surface area contributed by atoms with E-state index < -0.39 is 17.4 Å². The second kappa shape index (κ2) is 5.63. The molecule has 3 N–H and O–H groups in total. The first-order valence-electron chi connectivity index (χ1n) is 5.41. The maximum Gasteiger partial charge on any atom is 0.305 e. The minimum atomic E-state index is -1.01. The van der Waals surface area contributed by atoms with E-state index in [-0.39, 0.29) is 18.7 Å².